The van der Waals surface area contributed by atoms with Gasteiger partial charge in [0.25, 0.3) is 0 Å². The van der Waals surface area contributed by atoms with E-state index in [-0.39, 0.29) is 5.63 Å². The van der Waals surface area contributed by atoms with Gasteiger partial charge in [0.05, 0.1) is 10.0 Å². The molecule has 170 valence electrons. The van der Waals surface area contributed by atoms with Crippen LogP contribution in [-0.2, 0) is 13.0 Å². The van der Waals surface area contributed by atoms with Crippen molar-refractivity contribution in [2.75, 3.05) is 0 Å². The molecule has 0 saturated carbocycles. The molecule has 0 bridgehead atoms. The Morgan fingerprint density at radius 2 is 1.70 bits per heavy atom. The fourth-order valence-electron chi connectivity index (χ4n) is 3.95. The Bertz CT molecular complexity index is 1300. The zero-order valence-electron chi connectivity index (χ0n) is 18.6. The van der Waals surface area contributed by atoms with Gasteiger partial charge in [-0.2, -0.15) is 0 Å². The topological polar surface area (TPSA) is 39.4 Å². The lowest BCUT2D eigenvalue weighted by Gasteiger charge is -2.15. The number of aryl methyl sites for hydroxylation is 1. The molecule has 0 atom stereocenters. The fraction of sp³-hybridized carbons (Fsp3) is 0.250. The third-order valence-corrected chi connectivity index (χ3v) is 6.43. The van der Waals surface area contributed by atoms with Crippen molar-refractivity contribution in [3.8, 4) is 16.9 Å². The lowest BCUT2D eigenvalue weighted by molar-refractivity contribution is 0.302. The normalized spacial score (nSPS) is 11.1. The molecule has 5 heteroatoms. The molecule has 33 heavy (non-hydrogen) atoms. The minimum atomic E-state index is -0.382. The highest BCUT2D eigenvalue weighted by atomic mass is 35.5. The van der Waals surface area contributed by atoms with Crippen LogP contribution in [0.4, 0.5) is 0 Å². The van der Waals surface area contributed by atoms with Gasteiger partial charge in [-0.15, -0.1) is 0 Å². The van der Waals surface area contributed by atoms with Crippen molar-refractivity contribution in [2.24, 2.45) is 0 Å². The van der Waals surface area contributed by atoms with E-state index in [2.05, 4.69) is 13.0 Å². The zero-order chi connectivity index (χ0) is 23.2. The lowest BCUT2D eigenvalue weighted by Crippen LogP contribution is -2.02. The molecule has 0 aliphatic carbocycles. The van der Waals surface area contributed by atoms with E-state index in [0.717, 1.165) is 52.7 Å². The summed E-state index contributed by atoms with van der Waals surface area (Å²) in [5, 5.41) is 1.92. The SMILES string of the molecule is CCCCCCc1cc2c(-c3ccccc3)cc(=O)oc2cc1OCc1ccc(Cl)c(Cl)c1. The molecule has 0 amide bonds. The van der Waals surface area contributed by atoms with Crippen LogP contribution in [0.3, 0.4) is 0 Å². The Morgan fingerprint density at radius 1 is 0.879 bits per heavy atom. The number of hydrogen-bond acceptors (Lipinski definition) is 3. The standard InChI is InChI=1S/C28H26Cl2O3/c1-2-3-4-6-11-21-15-23-22(20-9-7-5-8-10-20)16-28(31)33-27(23)17-26(21)32-18-19-12-13-24(29)25(30)14-19/h5,7-10,12-17H,2-4,6,11,18H2,1H3. The molecule has 0 N–H and O–H groups in total. The molecule has 0 radical (unpaired) electrons. The summed E-state index contributed by atoms with van der Waals surface area (Å²) >= 11 is 12.2. The monoisotopic (exact) mass is 480 g/mol. The van der Waals surface area contributed by atoms with Gasteiger partial charge in [-0.3, -0.25) is 0 Å². The average molecular weight is 481 g/mol. The van der Waals surface area contributed by atoms with Crippen molar-refractivity contribution < 1.29 is 9.15 Å². The predicted octanol–water partition coefficient (Wildman–Crippen LogP) is 8.47. The molecule has 3 aromatic carbocycles. The summed E-state index contributed by atoms with van der Waals surface area (Å²) < 4.78 is 11.8. The van der Waals surface area contributed by atoms with E-state index < -0.39 is 0 Å². The highest BCUT2D eigenvalue weighted by Gasteiger charge is 2.14. The van der Waals surface area contributed by atoms with Crippen LogP contribution in [0.5, 0.6) is 5.75 Å². The Kier molecular flexibility index (Phi) is 7.74. The maximum Gasteiger partial charge on any atom is 0.336 e. The largest absolute Gasteiger partial charge is 0.488 e. The van der Waals surface area contributed by atoms with Crippen molar-refractivity contribution >= 4 is 34.2 Å². The summed E-state index contributed by atoms with van der Waals surface area (Å²) in [6, 6.07) is 20.9. The molecule has 1 heterocycles. The van der Waals surface area contributed by atoms with E-state index in [1.54, 1.807) is 18.2 Å². The Hall–Kier alpha value is -2.75. The first-order valence-corrected chi connectivity index (χ1v) is 12.0. The van der Waals surface area contributed by atoms with Gasteiger partial charge in [0.2, 0.25) is 0 Å². The molecule has 0 aliphatic rings. The number of benzene rings is 3. The maximum absolute atomic E-state index is 12.3. The van der Waals surface area contributed by atoms with Crippen molar-refractivity contribution in [2.45, 2.75) is 45.6 Å². The molecular weight excluding hydrogens is 455 g/mol. The van der Waals surface area contributed by atoms with Gasteiger partial charge >= 0.3 is 5.63 Å². The summed E-state index contributed by atoms with van der Waals surface area (Å²) in [6.07, 6.45) is 5.51. The maximum atomic E-state index is 12.3. The Labute approximate surface area is 203 Å². The highest BCUT2D eigenvalue weighted by molar-refractivity contribution is 6.42. The van der Waals surface area contributed by atoms with Crippen LogP contribution in [-0.4, -0.2) is 0 Å². The number of hydrogen-bond donors (Lipinski definition) is 0. The van der Waals surface area contributed by atoms with Crippen LogP contribution in [0, 0.1) is 0 Å². The minimum absolute atomic E-state index is 0.340. The van der Waals surface area contributed by atoms with Crippen LogP contribution < -0.4 is 10.4 Å². The average Bonchev–Trinajstić information content (AvgIpc) is 2.82. The van der Waals surface area contributed by atoms with Crippen molar-refractivity contribution in [1.82, 2.24) is 0 Å². The van der Waals surface area contributed by atoms with Gasteiger partial charge in [0.15, 0.2) is 0 Å². The van der Waals surface area contributed by atoms with Crippen LogP contribution in [0.25, 0.3) is 22.1 Å². The molecule has 3 nitrogen and oxygen atoms in total. The smallest absolute Gasteiger partial charge is 0.336 e. The van der Waals surface area contributed by atoms with Crippen molar-refractivity contribution in [3.05, 3.63) is 98.3 Å². The summed E-state index contributed by atoms with van der Waals surface area (Å²) in [4.78, 5) is 12.3. The second-order valence-corrected chi connectivity index (χ2v) is 8.96. The first-order chi connectivity index (χ1) is 16.0. The number of halogens is 2. The molecule has 4 aromatic rings. The molecule has 1 aromatic heterocycles. The second kappa shape index (κ2) is 10.9. The predicted molar refractivity (Wildman–Crippen MR) is 137 cm³/mol. The first-order valence-electron chi connectivity index (χ1n) is 11.3. The van der Waals surface area contributed by atoms with Gasteiger partial charge in [-0.25, -0.2) is 4.79 Å². The Morgan fingerprint density at radius 3 is 2.45 bits per heavy atom. The van der Waals surface area contributed by atoms with Gasteiger partial charge in [0.1, 0.15) is 17.9 Å². The summed E-state index contributed by atoms with van der Waals surface area (Å²) in [5.74, 6) is 0.721. The summed E-state index contributed by atoms with van der Waals surface area (Å²) in [7, 11) is 0. The third-order valence-electron chi connectivity index (χ3n) is 5.69. The second-order valence-electron chi connectivity index (χ2n) is 8.15. The molecule has 0 fully saturated rings. The van der Waals surface area contributed by atoms with Crippen LogP contribution in [0.2, 0.25) is 10.0 Å². The zero-order valence-corrected chi connectivity index (χ0v) is 20.1. The van der Waals surface area contributed by atoms with E-state index in [9.17, 15) is 4.79 Å². The lowest BCUT2D eigenvalue weighted by atomic mass is 9.98. The number of rotatable bonds is 9. The van der Waals surface area contributed by atoms with Crippen LogP contribution >= 0.6 is 23.2 Å². The van der Waals surface area contributed by atoms with E-state index in [0.29, 0.717) is 22.2 Å². The number of unbranched alkanes of at least 4 members (excludes halogenated alkanes) is 3. The molecule has 0 saturated heterocycles. The molecule has 0 spiro atoms. The molecule has 4 rings (SSSR count). The molecule has 0 unspecified atom stereocenters. The van der Waals surface area contributed by atoms with Gasteiger partial charge in [-0.1, -0.05) is 85.8 Å². The van der Waals surface area contributed by atoms with Gasteiger partial charge < -0.3 is 9.15 Å². The quantitative estimate of drug-likeness (QED) is 0.178. The van der Waals surface area contributed by atoms with E-state index in [4.69, 9.17) is 32.4 Å². The van der Waals surface area contributed by atoms with E-state index in [1.165, 1.54) is 12.8 Å². The molecule has 0 aliphatic heterocycles. The highest BCUT2D eigenvalue weighted by Crippen LogP contribution is 2.34. The van der Waals surface area contributed by atoms with Gasteiger partial charge in [0, 0.05) is 17.5 Å². The van der Waals surface area contributed by atoms with E-state index >= 15 is 0 Å². The van der Waals surface area contributed by atoms with Crippen molar-refractivity contribution in [3.63, 3.8) is 0 Å². The van der Waals surface area contributed by atoms with Gasteiger partial charge in [-0.05, 0) is 53.3 Å². The third kappa shape index (κ3) is 5.79. The van der Waals surface area contributed by atoms with Crippen LogP contribution in [0.1, 0.15) is 43.7 Å². The summed E-state index contributed by atoms with van der Waals surface area (Å²) in [5.41, 5.74) is 4.00. The number of fused-ring (bicyclic) bond motifs is 1. The number of ether oxygens (including phenoxy) is 1. The fourth-order valence-corrected chi connectivity index (χ4v) is 4.27. The van der Waals surface area contributed by atoms with E-state index in [1.807, 2.05) is 42.5 Å². The summed E-state index contributed by atoms with van der Waals surface area (Å²) in [6.45, 7) is 2.54. The molecular formula is C28H26Cl2O3. The minimum Gasteiger partial charge on any atom is -0.488 e. The Balaban J connectivity index is 1.73. The van der Waals surface area contributed by atoms with Crippen LogP contribution in [0.15, 0.2) is 75.9 Å². The van der Waals surface area contributed by atoms with Crippen molar-refractivity contribution in [1.29, 1.82) is 0 Å². The first kappa shape index (κ1) is 23.4.